The molecule has 0 aliphatic rings. The average Bonchev–Trinajstić information content (AvgIpc) is 2.87. The van der Waals surface area contributed by atoms with Crippen molar-refractivity contribution < 1.29 is 13.5 Å². The minimum atomic E-state index is -2.80. The first-order chi connectivity index (χ1) is 9.58. The molecule has 0 radical (unpaired) electrons. The highest BCUT2D eigenvalue weighted by atomic mass is 32.1. The molecule has 108 valence electrons. The molecule has 20 heavy (non-hydrogen) atoms. The number of hydrogen-bond donors (Lipinski definition) is 1. The molecule has 3 nitrogen and oxygen atoms in total. The van der Waals surface area contributed by atoms with Crippen LogP contribution in [0.4, 0.5) is 8.78 Å². The van der Waals surface area contributed by atoms with Gasteiger partial charge >= 0.3 is 6.61 Å². The van der Waals surface area contributed by atoms with Crippen molar-refractivity contribution in [2.75, 3.05) is 0 Å². The van der Waals surface area contributed by atoms with Gasteiger partial charge < -0.3 is 10.5 Å². The van der Waals surface area contributed by atoms with Crippen LogP contribution in [0.3, 0.4) is 0 Å². The zero-order valence-electron chi connectivity index (χ0n) is 11.1. The van der Waals surface area contributed by atoms with Crippen molar-refractivity contribution >= 4 is 11.3 Å². The number of ether oxygens (including phenoxy) is 1. The molecule has 0 aliphatic heterocycles. The SMILES string of the molecule is CCC(N)Cc1nc(-c2ccc(OC(F)F)cc2)cs1. The summed E-state index contributed by atoms with van der Waals surface area (Å²) in [6, 6.07) is 6.58. The number of nitrogens with zero attached hydrogens (tertiary/aromatic N) is 1. The topological polar surface area (TPSA) is 48.1 Å². The number of nitrogens with two attached hydrogens (primary N) is 1. The van der Waals surface area contributed by atoms with Gasteiger partial charge in [-0.2, -0.15) is 8.78 Å². The summed E-state index contributed by atoms with van der Waals surface area (Å²) >= 11 is 1.56. The zero-order chi connectivity index (χ0) is 14.5. The fourth-order valence-corrected chi connectivity index (χ4v) is 2.61. The first-order valence-electron chi connectivity index (χ1n) is 6.33. The Balaban J connectivity index is 2.08. The zero-order valence-corrected chi connectivity index (χ0v) is 11.9. The van der Waals surface area contributed by atoms with Crippen LogP contribution in [0.2, 0.25) is 0 Å². The molecule has 0 amide bonds. The van der Waals surface area contributed by atoms with E-state index in [1.807, 2.05) is 12.3 Å². The Morgan fingerprint density at radius 1 is 1.30 bits per heavy atom. The summed E-state index contributed by atoms with van der Waals surface area (Å²) in [5.74, 6) is 0.146. The summed E-state index contributed by atoms with van der Waals surface area (Å²) in [6.07, 6.45) is 1.67. The lowest BCUT2D eigenvalue weighted by atomic mass is 10.1. The van der Waals surface area contributed by atoms with Gasteiger partial charge in [-0.25, -0.2) is 4.98 Å². The van der Waals surface area contributed by atoms with Gasteiger partial charge in [0.2, 0.25) is 0 Å². The molecule has 1 heterocycles. The molecule has 1 unspecified atom stereocenters. The van der Waals surface area contributed by atoms with Gasteiger partial charge in [0, 0.05) is 23.4 Å². The highest BCUT2D eigenvalue weighted by Crippen LogP contribution is 2.25. The Bertz CT molecular complexity index is 542. The molecule has 0 fully saturated rings. The van der Waals surface area contributed by atoms with E-state index in [0.29, 0.717) is 0 Å². The van der Waals surface area contributed by atoms with E-state index < -0.39 is 6.61 Å². The van der Waals surface area contributed by atoms with Gasteiger partial charge in [0.15, 0.2) is 0 Å². The second-order valence-electron chi connectivity index (χ2n) is 4.40. The normalized spacial score (nSPS) is 12.7. The van der Waals surface area contributed by atoms with Crippen molar-refractivity contribution in [1.82, 2.24) is 4.98 Å². The molecule has 0 saturated heterocycles. The third-order valence-electron chi connectivity index (χ3n) is 2.89. The van der Waals surface area contributed by atoms with Crippen LogP contribution in [0.1, 0.15) is 18.4 Å². The summed E-state index contributed by atoms with van der Waals surface area (Å²) in [4.78, 5) is 4.51. The van der Waals surface area contributed by atoms with E-state index in [2.05, 4.69) is 9.72 Å². The third-order valence-corrected chi connectivity index (χ3v) is 3.76. The van der Waals surface area contributed by atoms with E-state index in [1.54, 1.807) is 23.5 Å². The van der Waals surface area contributed by atoms with Crippen LogP contribution < -0.4 is 10.5 Å². The van der Waals surface area contributed by atoms with Crippen molar-refractivity contribution in [1.29, 1.82) is 0 Å². The summed E-state index contributed by atoms with van der Waals surface area (Å²) in [5.41, 5.74) is 7.60. The Labute approximate surface area is 120 Å². The van der Waals surface area contributed by atoms with Crippen molar-refractivity contribution in [3.8, 4) is 17.0 Å². The molecule has 2 rings (SSSR count). The average molecular weight is 298 g/mol. The Morgan fingerprint density at radius 3 is 2.60 bits per heavy atom. The summed E-state index contributed by atoms with van der Waals surface area (Å²) in [7, 11) is 0. The van der Waals surface area contributed by atoms with Crippen LogP contribution in [-0.4, -0.2) is 17.6 Å². The smallest absolute Gasteiger partial charge is 0.387 e. The molecule has 0 bridgehead atoms. The molecular formula is C14H16F2N2OS. The van der Waals surface area contributed by atoms with Crippen LogP contribution in [0.15, 0.2) is 29.6 Å². The van der Waals surface area contributed by atoms with E-state index in [4.69, 9.17) is 5.73 Å². The van der Waals surface area contributed by atoms with Crippen LogP contribution in [0, 0.1) is 0 Å². The second-order valence-corrected chi connectivity index (χ2v) is 5.34. The largest absolute Gasteiger partial charge is 0.435 e. The van der Waals surface area contributed by atoms with Crippen LogP contribution >= 0.6 is 11.3 Å². The molecule has 1 aromatic heterocycles. The molecule has 1 aromatic carbocycles. The maximum absolute atomic E-state index is 12.1. The minimum absolute atomic E-state index is 0.121. The van der Waals surface area contributed by atoms with Crippen LogP contribution in [-0.2, 0) is 6.42 Å². The van der Waals surface area contributed by atoms with Gasteiger partial charge in [0.05, 0.1) is 10.7 Å². The predicted octanol–water partition coefficient (Wildman–Crippen LogP) is 3.69. The second kappa shape index (κ2) is 6.76. The number of hydrogen-bond acceptors (Lipinski definition) is 4. The Morgan fingerprint density at radius 2 is 2.00 bits per heavy atom. The van der Waals surface area contributed by atoms with E-state index >= 15 is 0 Å². The highest BCUT2D eigenvalue weighted by molar-refractivity contribution is 7.09. The fourth-order valence-electron chi connectivity index (χ4n) is 1.71. The highest BCUT2D eigenvalue weighted by Gasteiger charge is 2.09. The van der Waals surface area contributed by atoms with Gasteiger partial charge in [-0.15, -0.1) is 11.3 Å². The number of alkyl halides is 2. The predicted molar refractivity (Wildman–Crippen MR) is 76.2 cm³/mol. The quantitative estimate of drug-likeness (QED) is 0.884. The van der Waals surface area contributed by atoms with Crippen molar-refractivity contribution in [3.05, 3.63) is 34.7 Å². The first kappa shape index (κ1) is 14.9. The van der Waals surface area contributed by atoms with Crippen LogP contribution in [0.5, 0.6) is 5.75 Å². The first-order valence-corrected chi connectivity index (χ1v) is 7.21. The van der Waals surface area contributed by atoms with E-state index in [1.165, 1.54) is 12.1 Å². The van der Waals surface area contributed by atoms with Gasteiger partial charge in [0.1, 0.15) is 5.75 Å². The van der Waals surface area contributed by atoms with Crippen LogP contribution in [0.25, 0.3) is 11.3 Å². The standard InChI is InChI=1S/C14H16F2N2OS/c1-2-10(17)7-13-18-12(8-20-13)9-3-5-11(6-4-9)19-14(15)16/h3-6,8,10,14H,2,7,17H2,1H3. The third kappa shape index (κ3) is 3.98. The van der Waals surface area contributed by atoms with Gasteiger partial charge in [-0.3, -0.25) is 0 Å². The van der Waals surface area contributed by atoms with E-state index in [0.717, 1.165) is 29.1 Å². The van der Waals surface area contributed by atoms with E-state index in [-0.39, 0.29) is 11.8 Å². The molecule has 6 heteroatoms. The Kier molecular flexibility index (Phi) is 5.03. The molecule has 0 aliphatic carbocycles. The lowest BCUT2D eigenvalue weighted by Crippen LogP contribution is -2.21. The fraction of sp³-hybridized carbons (Fsp3) is 0.357. The lowest BCUT2D eigenvalue weighted by molar-refractivity contribution is -0.0498. The van der Waals surface area contributed by atoms with Crippen molar-refractivity contribution in [2.45, 2.75) is 32.4 Å². The van der Waals surface area contributed by atoms with Gasteiger partial charge in [-0.05, 0) is 30.7 Å². The number of aromatic nitrogens is 1. The minimum Gasteiger partial charge on any atom is -0.435 e. The van der Waals surface area contributed by atoms with Gasteiger partial charge in [-0.1, -0.05) is 6.92 Å². The monoisotopic (exact) mass is 298 g/mol. The summed E-state index contributed by atoms with van der Waals surface area (Å²) in [6.45, 7) is -0.761. The van der Waals surface area contributed by atoms with Gasteiger partial charge in [0.25, 0.3) is 0 Å². The van der Waals surface area contributed by atoms with E-state index in [9.17, 15) is 8.78 Å². The molecule has 0 saturated carbocycles. The molecule has 2 N–H and O–H groups in total. The molecule has 0 spiro atoms. The lowest BCUT2D eigenvalue weighted by Gasteiger charge is -2.05. The maximum Gasteiger partial charge on any atom is 0.387 e. The number of thiazole rings is 1. The van der Waals surface area contributed by atoms with Crippen molar-refractivity contribution in [2.24, 2.45) is 5.73 Å². The number of rotatable bonds is 6. The summed E-state index contributed by atoms with van der Waals surface area (Å²) in [5, 5.41) is 2.93. The number of benzene rings is 1. The summed E-state index contributed by atoms with van der Waals surface area (Å²) < 4.78 is 28.4. The molecule has 2 aromatic rings. The maximum atomic E-state index is 12.1. The Hall–Kier alpha value is -1.53. The van der Waals surface area contributed by atoms with Crippen molar-refractivity contribution in [3.63, 3.8) is 0 Å². The number of halogens is 2. The molecular weight excluding hydrogens is 282 g/mol. The molecule has 1 atom stereocenters.